The standard InChI is InChI=1S/C24H29FN2O4.C23H28FN3O4/c1-4-29-15-14-27-22-16-20(31-19-9-7-18(25)8-10-19)11-12-21(22)26-23(27)13-6-17(3)24(28)30-5-2;1-4-29-13-12-27-21-14-19(31-18-8-6-17(24)7-9-18)10-11-20(21)26-22(27)15-25-16(3)23(28)30-5-2/h7-12,16-17H,4-6,13-15H2,1-3H3;6-11,14,16,25H,4-5,12-13,15H2,1-3H3/t17-;16-/m10/s1. The minimum Gasteiger partial charge on any atom is -0.466 e. The van der Waals surface area contributed by atoms with Crippen LogP contribution in [0.3, 0.4) is 0 Å². The first-order chi connectivity index (χ1) is 30.0. The number of hydrogen-bond donors (Lipinski definition) is 1. The summed E-state index contributed by atoms with van der Waals surface area (Å²) in [4.78, 5) is 33.4. The van der Waals surface area contributed by atoms with Crippen molar-refractivity contribution in [3.8, 4) is 23.0 Å². The first-order valence-electron chi connectivity index (χ1n) is 21.1. The Labute approximate surface area is 361 Å². The third-order valence-corrected chi connectivity index (χ3v) is 9.72. The summed E-state index contributed by atoms with van der Waals surface area (Å²) in [5.74, 6) is 2.75. The molecule has 2 atom stereocenters. The number of hydrogen-bond acceptors (Lipinski definition) is 11. The molecule has 4 aromatic carbocycles. The molecule has 0 spiro atoms. The number of halogens is 2. The lowest BCUT2D eigenvalue weighted by molar-refractivity contribution is -0.147. The van der Waals surface area contributed by atoms with Gasteiger partial charge in [0, 0.05) is 44.9 Å². The van der Waals surface area contributed by atoms with E-state index in [1.54, 1.807) is 38.1 Å². The average Bonchev–Trinajstić information content (AvgIpc) is 3.80. The van der Waals surface area contributed by atoms with Crippen LogP contribution in [0.15, 0.2) is 84.9 Å². The van der Waals surface area contributed by atoms with E-state index in [-0.39, 0.29) is 29.5 Å². The molecule has 13 nitrogen and oxygen atoms in total. The highest BCUT2D eigenvalue weighted by Gasteiger charge is 2.19. The zero-order valence-electron chi connectivity index (χ0n) is 36.3. The minimum absolute atomic E-state index is 0.186. The predicted molar refractivity (Wildman–Crippen MR) is 232 cm³/mol. The van der Waals surface area contributed by atoms with Gasteiger partial charge in [-0.15, -0.1) is 0 Å². The number of imidazole rings is 2. The quantitative estimate of drug-likeness (QED) is 0.0517. The van der Waals surface area contributed by atoms with E-state index in [2.05, 4.69) is 9.88 Å². The molecule has 62 heavy (non-hydrogen) atoms. The van der Waals surface area contributed by atoms with Crippen LogP contribution in [0.2, 0.25) is 0 Å². The fraction of sp³-hybridized carbons (Fsp3) is 0.404. The van der Waals surface area contributed by atoms with Crippen LogP contribution < -0.4 is 14.8 Å². The largest absolute Gasteiger partial charge is 0.466 e. The van der Waals surface area contributed by atoms with Gasteiger partial charge in [-0.05, 0) is 114 Å². The monoisotopic (exact) mass is 857 g/mol. The van der Waals surface area contributed by atoms with Crippen molar-refractivity contribution in [1.82, 2.24) is 24.4 Å². The van der Waals surface area contributed by atoms with E-state index in [4.69, 9.17) is 38.4 Å². The van der Waals surface area contributed by atoms with Gasteiger partial charge in [-0.2, -0.15) is 0 Å². The number of fused-ring (bicyclic) bond motifs is 2. The summed E-state index contributed by atoms with van der Waals surface area (Å²) in [7, 11) is 0. The van der Waals surface area contributed by atoms with E-state index in [9.17, 15) is 18.4 Å². The summed E-state index contributed by atoms with van der Waals surface area (Å²) in [6.07, 6.45) is 1.30. The minimum atomic E-state index is -0.447. The van der Waals surface area contributed by atoms with Gasteiger partial charge < -0.3 is 37.6 Å². The van der Waals surface area contributed by atoms with Crippen molar-refractivity contribution < 1.29 is 46.8 Å². The van der Waals surface area contributed by atoms with Crippen molar-refractivity contribution in [3.05, 3.63) is 108 Å². The lowest BCUT2D eigenvalue weighted by Crippen LogP contribution is -2.35. The number of rotatable bonds is 22. The third-order valence-electron chi connectivity index (χ3n) is 9.72. The number of ether oxygens (including phenoxy) is 6. The molecular weight excluding hydrogens is 801 g/mol. The molecule has 0 bridgehead atoms. The van der Waals surface area contributed by atoms with Gasteiger partial charge in [0.1, 0.15) is 52.3 Å². The van der Waals surface area contributed by atoms with E-state index >= 15 is 0 Å². The molecule has 0 aliphatic heterocycles. The van der Waals surface area contributed by atoms with E-state index < -0.39 is 6.04 Å². The second-order valence-corrected chi connectivity index (χ2v) is 14.2. The molecule has 0 saturated heterocycles. The highest BCUT2D eigenvalue weighted by atomic mass is 19.1. The summed E-state index contributed by atoms with van der Waals surface area (Å²) >= 11 is 0. The molecular formula is C47H57F2N5O8. The molecule has 0 fully saturated rings. The highest BCUT2D eigenvalue weighted by molar-refractivity contribution is 5.79. The zero-order chi connectivity index (χ0) is 44.4. The highest BCUT2D eigenvalue weighted by Crippen LogP contribution is 2.29. The molecule has 0 saturated carbocycles. The average molecular weight is 858 g/mol. The molecule has 2 aromatic heterocycles. The molecule has 0 amide bonds. The maximum Gasteiger partial charge on any atom is 0.322 e. The molecule has 6 aromatic rings. The molecule has 0 radical (unpaired) electrons. The van der Waals surface area contributed by atoms with Crippen LogP contribution in [-0.2, 0) is 54.6 Å². The van der Waals surface area contributed by atoms with Crippen molar-refractivity contribution in [1.29, 1.82) is 0 Å². The first kappa shape index (κ1) is 47.2. The number of benzene rings is 4. The van der Waals surface area contributed by atoms with Crippen LogP contribution in [0.5, 0.6) is 23.0 Å². The number of aryl methyl sites for hydroxylation is 1. The van der Waals surface area contributed by atoms with E-state index in [1.807, 2.05) is 68.7 Å². The Kier molecular flexibility index (Phi) is 18.2. The molecule has 15 heteroatoms. The van der Waals surface area contributed by atoms with Crippen LogP contribution in [0.25, 0.3) is 22.1 Å². The summed E-state index contributed by atoms with van der Waals surface area (Å²) < 4.78 is 63.5. The summed E-state index contributed by atoms with van der Waals surface area (Å²) in [5.41, 5.74) is 3.48. The topological polar surface area (TPSA) is 137 Å². The zero-order valence-corrected chi connectivity index (χ0v) is 36.3. The van der Waals surface area contributed by atoms with Gasteiger partial charge in [0.2, 0.25) is 0 Å². The van der Waals surface area contributed by atoms with Gasteiger partial charge in [-0.3, -0.25) is 14.9 Å². The molecule has 1 N–H and O–H groups in total. The van der Waals surface area contributed by atoms with Crippen molar-refractivity contribution >= 4 is 34.0 Å². The Morgan fingerprint density at radius 1 is 0.613 bits per heavy atom. The maximum absolute atomic E-state index is 13.2. The molecule has 2 heterocycles. The van der Waals surface area contributed by atoms with Gasteiger partial charge in [0.15, 0.2) is 0 Å². The lowest BCUT2D eigenvalue weighted by Gasteiger charge is -2.14. The second-order valence-electron chi connectivity index (χ2n) is 14.2. The van der Waals surface area contributed by atoms with Gasteiger partial charge >= 0.3 is 11.9 Å². The normalized spacial score (nSPS) is 12.1. The lowest BCUT2D eigenvalue weighted by atomic mass is 10.1. The number of nitrogens with zero attached hydrogens (tertiary/aromatic N) is 4. The summed E-state index contributed by atoms with van der Waals surface area (Å²) in [6, 6.07) is 22.6. The first-order valence-corrected chi connectivity index (χ1v) is 21.1. The van der Waals surface area contributed by atoms with E-state index in [0.717, 1.165) is 33.7 Å². The third kappa shape index (κ3) is 13.6. The Morgan fingerprint density at radius 2 is 1.06 bits per heavy atom. The Hall–Kier alpha value is -5.90. The predicted octanol–water partition coefficient (Wildman–Crippen LogP) is 9.18. The van der Waals surface area contributed by atoms with Crippen molar-refractivity contribution in [2.75, 3.05) is 39.6 Å². The molecule has 0 aliphatic carbocycles. The summed E-state index contributed by atoms with van der Waals surface area (Å²) in [5, 5.41) is 3.17. The van der Waals surface area contributed by atoms with Crippen molar-refractivity contribution in [2.24, 2.45) is 5.92 Å². The Bertz CT molecular complexity index is 2170. The number of aromatic nitrogens is 4. The molecule has 332 valence electrons. The van der Waals surface area contributed by atoms with E-state index in [1.165, 1.54) is 24.3 Å². The van der Waals surface area contributed by atoms with Gasteiger partial charge in [0.25, 0.3) is 0 Å². The number of carbonyl (C=O) groups excluding carboxylic acids is 2. The van der Waals surface area contributed by atoms with Crippen LogP contribution in [0, 0.1) is 17.6 Å². The second kappa shape index (κ2) is 23.9. The van der Waals surface area contributed by atoms with E-state index in [0.29, 0.717) is 95.1 Å². The summed E-state index contributed by atoms with van der Waals surface area (Å²) in [6.45, 7) is 15.9. The molecule has 0 unspecified atom stereocenters. The van der Waals surface area contributed by atoms with Crippen LogP contribution in [0.4, 0.5) is 8.78 Å². The molecule has 6 rings (SSSR count). The van der Waals surface area contributed by atoms with Gasteiger partial charge in [0.05, 0.1) is 61.0 Å². The molecule has 0 aliphatic rings. The van der Waals surface area contributed by atoms with Crippen molar-refractivity contribution in [2.45, 2.75) is 80.1 Å². The number of esters is 2. The number of carbonyl (C=O) groups is 2. The fourth-order valence-corrected chi connectivity index (χ4v) is 6.48. The van der Waals surface area contributed by atoms with Crippen LogP contribution >= 0.6 is 0 Å². The van der Waals surface area contributed by atoms with Crippen LogP contribution in [0.1, 0.15) is 59.6 Å². The van der Waals surface area contributed by atoms with Gasteiger partial charge in [-0.1, -0.05) is 6.92 Å². The van der Waals surface area contributed by atoms with Crippen LogP contribution in [-0.4, -0.2) is 76.7 Å². The maximum atomic E-state index is 13.2. The van der Waals surface area contributed by atoms with Gasteiger partial charge in [-0.25, -0.2) is 18.7 Å². The SMILES string of the molecule is CCOCCn1c(CC[C@@H](C)C(=O)OCC)nc2ccc(Oc3ccc(F)cc3)cc21.CCOCCn1c(CN[C@@H](C)C(=O)OCC)nc2ccc(Oc3ccc(F)cc3)cc21. The Balaban J connectivity index is 0.000000234. The number of nitrogens with one attached hydrogen (secondary N) is 1. The van der Waals surface area contributed by atoms with Crippen molar-refractivity contribution in [3.63, 3.8) is 0 Å². The smallest absolute Gasteiger partial charge is 0.322 e. The fourth-order valence-electron chi connectivity index (χ4n) is 6.48. The Morgan fingerprint density at radius 3 is 1.55 bits per heavy atom.